The van der Waals surface area contributed by atoms with E-state index >= 15 is 0 Å². The lowest BCUT2D eigenvalue weighted by atomic mass is 10.1. The first kappa shape index (κ1) is 23.8. The highest BCUT2D eigenvalue weighted by molar-refractivity contribution is 7.91. The predicted molar refractivity (Wildman–Crippen MR) is 141 cm³/mol. The average Bonchev–Trinajstić information content (AvgIpc) is 3.25. The highest BCUT2D eigenvalue weighted by Crippen LogP contribution is 2.36. The van der Waals surface area contributed by atoms with Gasteiger partial charge in [-0.25, -0.2) is 13.4 Å². The Morgan fingerprint density at radius 2 is 1.95 bits per heavy atom. The minimum atomic E-state index is -3.50. The van der Waals surface area contributed by atoms with Crippen LogP contribution in [-0.4, -0.2) is 43.2 Å². The fourth-order valence-corrected chi connectivity index (χ4v) is 6.28. The molecule has 0 unspecified atom stereocenters. The van der Waals surface area contributed by atoms with Crippen molar-refractivity contribution < 1.29 is 17.9 Å². The van der Waals surface area contributed by atoms with Gasteiger partial charge in [0.05, 0.1) is 41.6 Å². The highest BCUT2D eigenvalue weighted by atomic mass is 35.5. The molecule has 8 nitrogen and oxygen atoms in total. The van der Waals surface area contributed by atoms with Gasteiger partial charge in [-0.1, -0.05) is 23.7 Å². The third kappa shape index (κ3) is 4.66. The van der Waals surface area contributed by atoms with E-state index in [1.165, 1.54) is 11.6 Å². The quantitative estimate of drug-likeness (QED) is 0.418. The summed E-state index contributed by atoms with van der Waals surface area (Å²) in [5, 5.41) is 4.42. The smallest absolute Gasteiger partial charge is 0.251 e. The maximum atomic E-state index is 12.8. The molecule has 0 fully saturated rings. The van der Waals surface area contributed by atoms with Crippen molar-refractivity contribution in [3.63, 3.8) is 0 Å². The molecule has 2 aromatic heterocycles. The molecule has 4 aromatic rings. The van der Waals surface area contributed by atoms with Crippen LogP contribution in [0.25, 0.3) is 10.9 Å². The Morgan fingerprint density at radius 3 is 2.84 bits per heavy atom. The van der Waals surface area contributed by atoms with Crippen LogP contribution in [0.15, 0.2) is 65.7 Å². The molecular weight excluding hydrogens is 512 g/mol. The summed E-state index contributed by atoms with van der Waals surface area (Å²) >= 11 is 6.23. The first-order valence-electron chi connectivity index (χ1n) is 11.9. The molecule has 0 saturated carbocycles. The number of sulfone groups is 1. The van der Waals surface area contributed by atoms with Crippen molar-refractivity contribution in [3.05, 3.63) is 88.2 Å². The van der Waals surface area contributed by atoms with Crippen molar-refractivity contribution >= 4 is 49.8 Å². The van der Waals surface area contributed by atoms with Crippen LogP contribution in [0.3, 0.4) is 0 Å². The van der Waals surface area contributed by atoms with Crippen molar-refractivity contribution in [3.8, 4) is 0 Å². The SMILES string of the molecule is O=C(NCc1cc2nc(N3CCc4ccc(Cl)cc43)ccc2cn1)c1ccc2c(c1)S(=O)(=O)CCOC2. The Hall–Kier alpha value is -3.53. The lowest BCUT2D eigenvalue weighted by Gasteiger charge is -2.19. The molecule has 188 valence electrons. The van der Waals surface area contributed by atoms with E-state index < -0.39 is 9.84 Å². The van der Waals surface area contributed by atoms with Crippen LogP contribution in [0.5, 0.6) is 0 Å². The maximum Gasteiger partial charge on any atom is 0.251 e. The van der Waals surface area contributed by atoms with E-state index in [0.717, 1.165) is 35.4 Å². The van der Waals surface area contributed by atoms with Crippen LogP contribution < -0.4 is 10.2 Å². The van der Waals surface area contributed by atoms with Gasteiger partial charge in [-0.3, -0.25) is 9.78 Å². The number of halogens is 1. The minimum absolute atomic E-state index is 0.100. The summed E-state index contributed by atoms with van der Waals surface area (Å²) in [7, 11) is -3.50. The van der Waals surface area contributed by atoms with Crippen LogP contribution in [-0.2, 0) is 34.1 Å². The van der Waals surface area contributed by atoms with Gasteiger partial charge < -0.3 is 15.0 Å². The molecule has 0 bridgehead atoms. The number of anilines is 2. The fraction of sp³-hybridized carbons (Fsp3) is 0.222. The van der Waals surface area contributed by atoms with Gasteiger partial charge in [-0.15, -0.1) is 0 Å². The Morgan fingerprint density at radius 1 is 1.08 bits per heavy atom. The van der Waals surface area contributed by atoms with E-state index in [9.17, 15) is 13.2 Å². The van der Waals surface area contributed by atoms with E-state index in [2.05, 4.69) is 21.3 Å². The summed E-state index contributed by atoms with van der Waals surface area (Å²) in [5.41, 5.74) is 4.55. The fourth-order valence-electron chi connectivity index (χ4n) is 4.72. The van der Waals surface area contributed by atoms with Crippen molar-refractivity contribution in [1.29, 1.82) is 0 Å². The number of hydrogen-bond acceptors (Lipinski definition) is 7. The first-order chi connectivity index (χ1) is 17.9. The Labute approximate surface area is 219 Å². The van der Waals surface area contributed by atoms with Crippen molar-refractivity contribution in [2.75, 3.05) is 23.8 Å². The van der Waals surface area contributed by atoms with Crippen LogP contribution in [0.4, 0.5) is 11.5 Å². The number of nitrogens with one attached hydrogen (secondary N) is 1. The van der Waals surface area contributed by atoms with Gasteiger partial charge in [0, 0.05) is 34.4 Å². The van der Waals surface area contributed by atoms with Crippen molar-refractivity contribution in [1.82, 2.24) is 15.3 Å². The predicted octanol–water partition coefficient (Wildman–Crippen LogP) is 4.21. The van der Waals surface area contributed by atoms with E-state index in [1.807, 2.05) is 30.3 Å². The Bertz CT molecular complexity index is 1660. The molecule has 10 heteroatoms. The van der Waals surface area contributed by atoms with Gasteiger partial charge in [0.15, 0.2) is 9.84 Å². The molecule has 0 spiro atoms. The molecule has 0 atom stereocenters. The number of fused-ring (bicyclic) bond motifs is 3. The largest absolute Gasteiger partial charge is 0.376 e. The zero-order chi connectivity index (χ0) is 25.6. The molecule has 0 aliphatic carbocycles. The number of pyridine rings is 2. The second-order valence-corrected chi connectivity index (χ2v) is 11.6. The zero-order valence-electron chi connectivity index (χ0n) is 19.8. The minimum Gasteiger partial charge on any atom is -0.376 e. The molecule has 4 heterocycles. The van der Waals surface area contributed by atoms with E-state index in [1.54, 1.807) is 18.3 Å². The van der Waals surface area contributed by atoms with Crippen LogP contribution in [0, 0.1) is 0 Å². The average molecular weight is 535 g/mol. The number of benzene rings is 2. The maximum absolute atomic E-state index is 12.8. The number of ether oxygens (including phenoxy) is 1. The molecular formula is C27H23ClN4O4S. The lowest BCUT2D eigenvalue weighted by molar-refractivity contribution is 0.0950. The Balaban J connectivity index is 1.21. The topological polar surface area (TPSA) is 101 Å². The summed E-state index contributed by atoms with van der Waals surface area (Å²) < 4.78 is 30.4. The number of carbonyl (C=O) groups excluding carboxylic acids is 1. The van der Waals surface area contributed by atoms with Crippen LogP contribution in [0.1, 0.15) is 27.2 Å². The normalized spacial score (nSPS) is 16.2. The van der Waals surface area contributed by atoms with Gasteiger partial charge in [-0.05, 0) is 60.0 Å². The second-order valence-electron chi connectivity index (χ2n) is 9.09. The monoisotopic (exact) mass is 534 g/mol. The molecule has 2 aromatic carbocycles. The van der Waals surface area contributed by atoms with Gasteiger partial charge in [0.25, 0.3) is 5.91 Å². The third-order valence-electron chi connectivity index (χ3n) is 6.68. The van der Waals surface area contributed by atoms with Gasteiger partial charge in [-0.2, -0.15) is 0 Å². The third-order valence-corrected chi connectivity index (χ3v) is 8.67. The molecule has 6 rings (SSSR count). The van der Waals surface area contributed by atoms with Crippen molar-refractivity contribution in [2.45, 2.75) is 24.5 Å². The van der Waals surface area contributed by atoms with Gasteiger partial charge in [0.2, 0.25) is 0 Å². The second kappa shape index (κ2) is 9.41. The Kier molecular flexibility index (Phi) is 6.06. The summed E-state index contributed by atoms with van der Waals surface area (Å²) in [5.74, 6) is 0.346. The summed E-state index contributed by atoms with van der Waals surface area (Å²) in [6.45, 7) is 1.35. The molecule has 2 aliphatic heterocycles. The van der Waals surface area contributed by atoms with Gasteiger partial charge >= 0.3 is 0 Å². The number of amides is 1. The lowest BCUT2D eigenvalue weighted by Crippen LogP contribution is -2.24. The van der Waals surface area contributed by atoms with Crippen molar-refractivity contribution in [2.24, 2.45) is 0 Å². The zero-order valence-corrected chi connectivity index (χ0v) is 21.3. The van der Waals surface area contributed by atoms with Crippen LogP contribution >= 0.6 is 11.6 Å². The molecule has 0 radical (unpaired) electrons. The van der Waals surface area contributed by atoms with E-state index in [-0.39, 0.29) is 41.9 Å². The standard InChI is InChI=1S/C27H23ClN4O4S/c28-21-5-3-17-7-8-32(24(17)12-21)26-6-4-19-14-29-22(13-23(19)31-26)15-30-27(33)18-1-2-20-16-36-9-10-37(34,35)25(20)11-18/h1-6,11-14H,7-10,15-16H2,(H,30,33). The molecule has 37 heavy (non-hydrogen) atoms. The summed E-state index contributed by atoms with van der Waals surface area (Å²) in [6.07, 6.45) is 2.66. The number of aromatic nitrogens is 2. The molecule has 1 amide bonds. The van der Waals surface area contributed by atoms with E-state index in [0.29, 0.717) is 16.3 Å². The number of nitrogens with zero attached hydrogens (tertiary/aromatic N) is 3. The summed E-state index contributed by atoms with van der Waals surface area (Å²) in [4.78, 5) is 24.5. The molecule has 2 aliphatic rings. The number of rotatable bonds is 4. The van der Waals surface area contributed by atoms with Crippen LogP contribution in [0.2, 0.25) is 5.02 Å². The number of carbonyl (C=O) groups is 1. The first-order valence-corrected chi connectivity index (χ1v) is 13.9. The van der Waals surface area contributed by atoms with Gasteiger partial charge in [0.1, 0.15) is 5.82 Å². The molecule has 0 saturated heterocycles. The molecule has 1 N–H and O–H groups in total. The number of hydrogen-bond donors (Lipinski definition) is 1. The summed E-state index contributed by atoms with van der Waals surface area (Å²) in [6, 6.07) is 16.4. The highest BCUT2D eigenvalue weighted by Gasteiger charge is 2.24. The van der Waals surface area contributed by atoms with E-state index in [4.69, 9.17) is 21.3 Å².